The molecule has 0 amide bonds. The van der Waals surface area contributed by atoms with E-state index in [1.165, 1.54) is 12.1 Å². The predicted molar refractivity (Wildman–Crippen MR) is 105 cm³/mol. The van der Waals surface area contributed by atoms with Gasteiger partial charge in [-0.3, -0.25) is 4.99 Å². The Morgan fingerprint density at radius 1 is 1.39 bits per heavy atom. The predicted octanol–water partition coefficient (Wildman–Crippen LogP) is 3.53. The normalized spacial score (nSPS) is 17.6. The molecular weight excluding hydrogens is 431 g/mol. The van der Waals surface area contributed by atoms with Gasteiger partial charge in [0, 0.05) is 43.2 Å². The summed E-state index contributed by atoms with van der Waals surface area (Å²) < 4.78 is 26.7. The number of thioether (sulfide) groups is 1. The highest BCUT2D eigenvalue weighted by molar-refractivity contribution is 14.0. The van der Waals surface area contributed by atoms with Crippen molar-refractivity contribution in [2.45, 2.75) is 25.0 Å². The van der Waals surface area contributed by atoms with Crippen LogP contribution >= 0.6 is 35.7 Å². The lowest BCUT2D eigenvalue weighted by molar-refractivity contribution is 0.376. The zero-order valence-corrected chi connectivity index (χ0v) is 16.9. The van der Waals surface area contributed by atoms with E-state index < -0.39 is 11.6 Å². The summed E-state index contributed by atoms with van der Waals surface area (Å²) in [6, 6.07) is 3.71. The maximum atomic E-state index is 13.6. The second kappa shape index (κ2) is 9.05. The maximum absolute atomic E-state index is 13.6. The summed E-state index contributed by atoms with van der Waals surface area (Å²) in [6.07, 6.45) is 0.497. The molecule has 0 radical (unpaired) electrons. The fourth-order valence-corrected chi connectivity index (χ4v) is 3.67. The van der Waals surface area contributed by atoms with Gasteiger partial charge in [0.15, 0.2) is 5.96 Å². The topological polar surface area (TPSA) is 27.6 Å². The second-order valence-electron chi connectivity index (χ2n) is 5.99. The molecule has 23 heavy (non-hydrogen) atoms. The van der Waals surface area contributed by atoms with Crippen LogP contribution < -0.4 is 5.32 Å². The Morgan fingerprint density at radius 2 is 2.13 bits per heavy atom. The molecule has 0 aromatic heterocycles. The molecule has 1 N–H and O–H groups in total. The number of nitrogens with zero attached hydrogens (tertiary/aromatic N) is 2. The Bertz CT molecular complexity index is 552. The molecule has 0 unspecified atom stereocenters. The van der Waals surface area contributed by atoms with Crippen LogP contribution in [0.25, 0.3) is 0 Å². The minimum absolute atomic E-state index is 0. The Balaban J connectivity index is 0.00000264. The molecule has 1 heterocycles. The monoisotopic (exact) mass is 455 g/mol. The lowest BCUT2D eigenvalue weighted by atomic mass is 10.1. The molecule has 1 aliphatic heterocycles. The average Bonchev–Trinajstić information content (AvgIpc) is 2.44. The molecule has 0 atom stereocenters. The number of hydrogen-bond acceptors (Lipinski definition) is 2. The molecule has 1 saturated heterocycles. The first-order valence-corrected chi connectivity index (χ1v) is 8.43. The van der Waals surface area contributed by atoms with Crippen LogP contribution in [0.2, 0.25) is 0 Å². The third-order valence-electron chi connectivity index (χ3n) is 3.63. The summed E-state index contributed by atoms with van der Waals surface area (Å²) in [7, 11) is 1.76. The van der Waals surface area contributed by atoms with E-state index >= 15 is 0 Å². The van der Waals surface area contributed by atoms with Crippen molar-refractivity contribution in [2.75, 3.05) is 32.4 Å². The van der Waals surface area contributed by atoms with E-state index in [4.69, 9.17) is 0 Å². The van der Waals surface area contributed by atoms with Crippen molar-refractivity contribution in [2.24, 2.45) is 4.99 Å². The molecule has 130 valence electrons. The van der Waals surface area contributed by atoms with E-state index in [-0.39, 0.29) is 28.7 Å². The Labute approximate surface area is 158 Å². The zero-order chi connectivity index (χ0) is 16.2. The van der Waals surface area contributed by atoms with Crippen LogP contribution in [0.15, 0.2) is 23.2 Å². The summed E-state index contributed by atoms with van der Waals surface area (Å²) in [4.78, 5) is 6.55. The van der Waals surface area contributed by atoms with Crippen LogP contribution in [-0.2, 0) is 6.42 Å². The van der Waals surface area contributed by atoms with E-state index in [0.717, 1.165) is 30.9 Å². The van der Waals surface area contributed by atoms with Crippen LogP contribution in [-0.4, -0.2) is 48.0 Å². The second-order valence-corrected chi connectivity index (χ2v) is 7.79. The highest BCUT2D eigenvalue weighted by Crippen LogP contribution is 2.29. The van der Waals surface area contributed by atoms with Crippen LogP contribution in [0, 0.1) is 11.6 Å². The molecule has 1 aliphatic rings. The van der Waals surface area contributed by atoms with E-state index in [0.29, 0.717) is 18.5 Å². The first kappa shape index (κ1) is 20.5. The van der Waals surface area contributed by atoms with Crippen LogP contribution in [0.3, 0.4) is 0 Å². The molecule has 1 fully saturated rings. The number of guanidine groups is 1. The van der Waals surface area contributed by atoms with Gasteiger partial charge in [0.25, 0.3) is 0 Å². The SMILES string of the molecule is CN=C(NCCc1ccc(F)cc1F)N1CCSC(C)(C)C1.I. The Morgan fingerprint density at radius 3 is 2.74 bits per heavy atom. The molecule has 0 bridgehead atoms. The molecule has 3 nitrogen and oxygen atoms in total. The van der Waals surface area contributed by atoms with Gasteiger partial charge in [0.2, 0.25) is 0 Å². The largest absolute Gasteiger partial charge is 0.356 e. The smallest absolute Gasteiger partial charge is 0.193 e. The van der Waals surface area contributed by atoms with E-state index in [1.54, 1.807) is 7.05 Å². The van der Waals surface area contributed by atoms with Gasteiger partial charge in [-0.25, -0.2) is 8.78 Å². The molecule has 7 heteroatoms. The quantitative estimate of drug-likeness (QED) is 0.430. The Kier molecular flexibility index (Phi) is 8.06. The maximum Gasteiger partial charge on any atom is 0.193 e. The fourth-order valence-electron chi connectivity index (χ4n) is 2.56. The lowest BCUT2D eigenvalue weighted by Crippen LogP contribution is -2.51. The van der Waals surface area contributed by atoms with E-state index in [9.17, 15) is 8.78 Å². The number of hydrogen-bond donors (Lipinski definition) is 1. The van der Waals surface area contributed by atoms with Gasteiger partial charge in [-0.1, -0.05) is 6.07 Å². The van der Waals surface area contributed by atoms with Gasteiger partial charge in [-0.2, -0.15) is 11.8 Å². The van der Waals surface area contributed by atoms with Crippen molar-refractivity contribution in [3.05, 3.63) is 35.4 Å². The Hall–Kier alpha value is -0.570. The highest BCUT2D eigenvalue weighted by atomic mass is 127. The van der Waals surface area contributed by atoms with Gasteiger partial charge in [0.1, 0.15) is 11.6 Å². The molecule has 1 aromatic carbocycles. The number of benzene rings is 1. The van der Waals surface area contributed by atoms with E-state index in [2.05, 4.69) is 29.1 Å². The van der Waals surface area contributed by atoms with Gasteiger partial charge in [-0.15, -0.1) is 24.0 Å². The molecular formula is C16H24F2IN3S. The summed E-state index contributed by atoms with van der Waals surface area (Å²) in [5, 5.41) is 3.27. The number of rotatable bonds is 3. The van der Waals surface area contributed by atoms with Gasteiger partial charge in [0.05, 0.1) is 0 Å². The standard InChI is InChI=1S/C16H23F2N3S.HI/c1-16(2)11-21(8-9-22-16)15(19-3)20-7-6-12-4-5-13(17)10-14(12)18;/h4-5,10H,6-9,11H2,1-3H3,(H,19,20);1H. The first-order chi connectivity index (χ1) is 10.4. The lowest BCUT2D eigenvalue weighted by Gasteiger charge is -2.39. The summed E-state index contributed by atoms with van der Waals surface area (Å²) in [5.41, 5.74) is 0.513. The van der Waals surface area contributed by atoms with Crippen LogP contribution in [0.1, 0.15) is 19.4 Å². The number of aliphatic imine (C=N–C) groups is 1. The molecule has 1 aromatic rings. The van der Waals surface area contributed by atoms with Gasteiger partial charge in [-0.05, 0) is 31.9 Å². The summed E-state index contributed by atoms with van der Waals surface area (Å²) in [6.45, 7) is 6.91. The van der Waals surface area contributed by atoms with Crippen molar-refractivity contribution in [1.29, 1.82) is 0 Å². The third-order valence-corrected chi connectivity index (χ3v) is 4.93. The third kappa shape index (κ3) is 6.10. The molecule has 0 aliphatic carbocycles. The van der Waals surface area contributed by atoms with Crippen molar-refractivity contribution < 1.29 is 8.78 Å². The van der Waals surface area contributed by atoms with Gasteiger partial charge >= 0.3 is 0 Å². The summed E-state index contributed by atoms with van der Waals surface area (Å²) in [5.74, 6) is 0.876. The minimum Gasteiger partial charge on any atom is -0.356 e. The van der Waals surface area contributed by atoms with Crippen LogP contribution in [0.5, 0.6) is 0 Å². The average molecular weight is 455 g/mol. The molecule has 0 spiro atoms. The van der Waals surface area contributed by atoms with Gasteiger partial charge < -0.3 is 10.2 Å². The van der Waals surface area contributed by atoms with Crippen molar-refractivity contribution >= 4 is 41.7 Å². The van der Waals surface area contributed by atoms with Crippen LogP contribution in [0.4, 0.5) is 8.78 Å². The fraction of sp³-hybridized carbons (Fsp3) is 0.562. The number of halogens is 3. The summed E-state index contributed by atoms with van der Waals surface area (Å²) >= 11 is 1.97. The molecule has 0 saturated carbocycles. The van der Waals surface area contributed by atoms with Crippen molar-refractivity contribution in [3.8, 4) is 0 Å². The van der Waals surface area contributed by atoms with Crippen molar-refractivity contribution in [1.82, 2.24) is 10.2 Å². The van der Waals surface area contributed by atoms with E-state index in [1.807, 2.05) is 11.8 Å². The minimum atomic E-state index is -0.543. The first-order valence-electron chi connectivity index (χ1n) is 7.45. The molecule has 2 rings (SSSR count). The zero-order valence-electron chi connectivity index (χ0n) is 13.7. The highest BCUT2D eigenvalue weighted by Gasteiger charge is 2.28. The van der Waals surface area contributed by atoms with Crippen molar-refractivity contribution in [3.63, 3.8) is 0 Å². The number of nitrogens with one attached hydrogen (secondary N) is 1.